The summed E-state index contributed by atoms with van der Waals surface area (Å²) in [7, 11) is 0. The Bertz CT molecular complexity index is 466. The molecule has 0 atom stereocenters. The van der Waals surface area contributed by atoms with Crippen LogP contribution in [0.4, 0.5) is 0 Å². The number of unbranched alkanes of at least 4 members (excludes halogenated alkanes) is 6. The fourth-order valence-electron chi connectivity index (χ4n) is 3.45. The van der Waals surface area contributed by atoms with Crippen LogP contribution in [0.1, 0.15) is 95.8 Å². The number of ether oxygens (including phenoxy) is 1. The number of phenolic OH excluding ortho intramolecular Hbond substituents is 1. The van der Waals surface area contributed by atoms with Gasteiger partial charge >= 0.3 is 0 Å². The first kappa shape index (κ1) is 20.9. The minimum absolute atomic E-state index is 0.338. The van der Waals surface area contributed by atoms with Crippen molar-refractivity contribution >= 4 is 0 Å². The summed E-state index contributed by atoms with van der Waals surface area (Å²) in [5.74, 6) is 1.08. The van der Waals surface area contributed by atoms with Crippen molar-refractivity contribution in [1.82, 2.24) is 0 Å². The summed E-state index contributed by atoms with van der Waals surface area (Å²) >= 11 is 0. The lowest BCUT2D eigenvalue weighted by Crippen LogP contribution is -2.06. The maximum Gasteiger partial charge on any atom is 0.164 e. The molecule has 24 heavy (non-hydrogen) atoms. The van der Waals surface area contributed by atoms with Gasteiger partial charge in [0.05, 0.1) is 6.61 Å². The zero-order valence-corrected chi connectivity index (χ0v) is 16.4. The molecule has 0 bridgehead atoms. The molecule has 0 fully saturated rings. The molecular weight excluding hydrogens is 296 g/mol. The molecule has 0 aliphatic carbocycles. The molecule has 0 saturated carbocycles. The first-order valence-electron chi connectivity index (χ1n) is 10.2. The minimum atomic E-state index is 0.338. The van der Waals surface area contributed by atoms with Gasteiger partial charge in [-0.05, 0) is 49.3 Å². The second-order valence-electron chi connectivity index (χ2n) is 6.77. The number of hydrogen-bond donors (Lipinski definition) is 1. The molecule has 138 valence electrons. The predicted molar refractivity (Wildman–Crippen MR) is 104 cm³/mol. The van der Waals surface area contributed by atoms with Crippen LogP contribution < -0.4 is 4.74 Å². The van der Waals surface area contributed by atoms with Crippen LogP contribution >= 0.6 is 0 Å². The summed E-state index contributed by atoms with van der Waals surface area (Å²) in [6, 6.07) is 1.96. The van der Waals surface area contributed by atoms with Crippen molar-refractivity contribution in [1.29, 1.82) is 0 Å². The SMILES string of the molecule is CCCCCCOc1c(O)cc(CCCCCC)c(CC)c1CC. The Morgan fingerprint density at radius 1 is 0.792 bits per heavy atom. The molecule has 0 heterocycles. The zero-order chi connectivity index (χ0) is 17.8. The van der Waals surface area contributed by atoms with E-state index in [9.17, 15) is 5.11 Å². The van der Waals surface area contributed by atoms with E-state index in [0.717, 1.165) is 31.4 Å². The molecular formula is C22H38O2. The van der Waals surface area contributed by atoms with Crippen LogP contribution in [0, 0.1) is 0 Å². The van der Waals surface area contributed by atoms with E-state index < -0.39 is 0 Å². The quantitative estimate of drug-likeness (QED) is 0.412. The van der Waals surface area contributed by atoms with E-state index in [1.807, 2.05) is 6.07 Å². The van der Waals surface area contributed by atoms with Crippen molar-refractivity contribution in [3.05, 3.63) is 22.8 Å². The summed E-state index contributed by atoms with van der Waals surface area (Å²) in [5.41, 5.74) is 3.94. The van der Waals surface area contributed by atoms with Crippen LogP contribution in [-0.2, 0) is 19.3 Å². The van der Waals surface area contributed by atoms with Crippen molar-refractivity contribution in [3.8, 4) is 11.5 Å². The van der Waals surface area contributed by atoms with E-state index >= 15 is 0 Å². The first-order chi connectivity index (χ1) is 11.7. The van der Waals surface area contributed by atoms with Gasteiger partial charge in [-0.1, -0.05) is 66.2 Å². The number of rotatable bonds is 13. The molecule has 0 radical (unpaired) electrons. The van der Waals surface area contributed by atoms with Crippen molar-refractivity contribution in [3.63, 3.8) is 0 Å². The summed E-state index contributed by atoms with van der Waals surface area (Å²) in [5, 5.41) is 10.5. The third-order valence-corrected chi connectivity index (χ3v) is 4.82. The molecule has 0 aliphatic heterocycles. The predicted octanol–water partition coefficient (Wildman–Crippen LogP) is 6.60. The van der Waals surface area contributed by atoms with Crippen LogP contribution in [0.25, 0.3) is 0 Å². The van der Waals surface area contributed by atoms with Crippen LogP contribution in [0.3, 0.4) is 0 Å². The highest BCUT2D eigenvalue weighted by Crippen LogP contribution is 2.37. The smallest absolute Gasteiger partial charge is 0.164 e. The maximum absolute atomic E-state index is 10.5. The Hall–Kier alpha value is -1.18. The minimum Gasteiger partial charge on any atom is -0.504 e. The van der Waals surface area contributed by atoms with Gasteiger partial charge in [0, 0.05) is 5.56 Å². The van der Waals surface area contributed by atoms with Gasteiger partial charge in [0.2, 0.25) is 0 Å². The Labute approximate surface area is 149 Å². The molecule has 0 unspecified atom stereocenters. The van der Waals surface area contributed by atoms with Gasteiger partial charge in [-0.25, -0.2) is 0 Å². The average Bonchev–Trinajstić information content (AvgIpc) is 2.59. The van der Waals surface area contributed by atoms with Crippen LogP contribution in [-0.4, -0.2) is 11.7 Å². The molecule has 0 spiro atoms. The number of benzene rings is 1. The van der Waals surface area contributed by atoms with Crippen molar-refractivity contribution in [2.24, 2.45) is 0 Å². The highest BCUT2D eigenvalue weighted by atomic mass is 16.5. The molecule has 2 nitrogen and oxygen atoms in total. The number of hydrogen-bond acceptors (Lipinski definition) is 2. The fourth-order valence-corrected chi connectivity index (χ4v) is 3.45. The largest absolute Gasteiger partial charge is 0.504 e. The van der Waals surface area contributed by atoms with E-state index in [1.165, 1.54) is 61.6 Å². The maximum atomic E-state index is 10.5. The van der Waals surface area contributed by atoms with E-state index in [1.54, 1.807) is 0 Å². The second kappa shape index (κ2) is 12.2. The average molecular weight is 335 g/mol. The lowest BCUT2D eigenvalue weighted by molar-refractivity contribution is 0.286. The lowest BCUT2D eigenvalue weighted by atomic mass is 9.92. The standard InChI is InChI=1S/C22H38O2/c1-5-9-11-13-15-18-17-21(23)22(20(8-4)19(18)7-3)24-16-14-12-10-6-2/h17,23H,5-16H2,1-4H3. The first-order valence-corrected chi connectivity index (χ1v) is 10.2. The lowest BCUT2D eigenvalue weighted by Gasteiger charge is -2.19. The summed E-state index contributed by atoms with van der Waals surface area (Å²) in [6.07, 6.45) is 12.8. The summed E-state index contributed by atoms with van der Waals surface area (Å²) < 4.78 is 6.00. The summed E-state index contributed by atoms with van der Waals surface area (Å²) in [6.45, 7) is 9.55. The van der Waals surface area contributed by atoms with Gasteiger partial charge in [-0.15, -0.1) is 0 Å². The highest BCUT2D eigenvalue weighted by molar-refractivity contribution is 5.54. The van der Waals surface area contributed by atoms with Crippen molar-refractivity contribution in [2.75, 3.05) is 6.61 Å². The molecule has 1 aromatic carbocycles. The highest BCUT2D eigenvalue weighted by Gasteiger charge is 2.16. The summed E-state index contributed by atoms with van der Waals surface area (Å²) in [4.78, 5) is 0. The zero-order valence-electron chi connectivity index (χ0n) is 16.4. The molecule has 1 rings (SSSR count). The molecule has 1 N–H and O–H groups in total. The number of aryl methyl sites for hydroxylation is 1. The van der Waals surface area contributed by atoms with Crippen LogP contribution in [0.2, 0.25) is 0 Å². The fraction of sp³-hybridized carbons (Fsp3) is 0.727. The second-order valence-corrected chi connectivity index (χ2v) is 6.77. The van der Waals surface area contributed by atoms with Gasteiger partial charge in [-0.3, -0.25) is 0 Å². The Kier molecular flexibility index (Phi) is 10.6. The van der Waals surface area contributed by atoms with Gasteiger partial charge in [0.25, 0.3) is 0 Å². The van der Waals surface area contributed by atoms with Crippen LogP contribution in [0.5, 0.6) is 11.5 Å². The number of aromatic hydroxyl groups is 1. The molecule has 1 aromatic rings. The third kappa shape index (κ3) is 6.37. The van der Waals surface area contributed by atoms with E-state index in [-0.39, 0.29) is 0 Å². The Morgan fingerprint density at radius 3 is 2.00 bits per heavy atom. The van der Waals surface area contributed by atoms with E-state index in [2.05, 4.69) is 27.7 Å². The Balaban J connectivity index is 2.84. The molecule has 0 aliphatic rings. The van der Waals surface area contributed by atoms with Gasteiger partial charge < -0.3 is 9.84 Å². The van der Waals surface area contributed by atoms with E-state index in [0.29, 0.717) is 12.4 Å². The Morgan fingerprint density at radius 2 is 1.42 bits per heavy atom. The van der Waals surface area contributed by atoms with E-state index in [4.69, 9.17) is 4.74 Å². The normalized spacial score (nSPS) is 11.0. The monoisotopic (exact) mass is 334 g/mol. The van der Waals surface area contributed by atoms with Crippen molar-refractivity contribution in [2.45, 2.75) is 98.3 Å². The van der Waals surface area contributed by atoms with Gasteiger partial charge in [-0.2, -0.15) is 0 Å². The molecule has 2 heteroatoms. The van der Waals surface area contributed by atoms with Gasteiger partial charge in [0.1, 0.15) is 0 Å². The number of phenols is 1. The topological polar surface area (TPSA) is 29.5 Å². The molecule has 0 saturated heterocycles. The molecule has 0 amide bonds. The third-order valence-electron chi connectivity index (χ3n) is 4.82. The van der Waals surface area contributed by atoms with Crippen molar-refractivity contribution < 1.29 is 9.84 Å². The molecule has 0 aromatic heterocycles. The van der Waals surface area contributed by atoms with Gasteiger partial charge in [0.15, 0.2) is 11.5 Å². The van der Waals surface area contributed by atoms with Crippen LogP contribution in [0.15, 0.2) is 6.07 Å².